The molecular formula is C15H24N4O2S. The van der Waals surface area contributed by atoms with Gasteiger partial charge in [0.15, 0.2) is 0 Å². The fourth-order valence-corrected chi connectivity index (χ4v) is 4.34. The summed E-state index contributed by atoms with van der Waals surface area (Å²) in [5.41, 5.74) is 6.52. The standard InChI is InChI=1S/C15H24N4O2S/c1-3-10-18-11-12(2)19(15(18)17)22(20,21)14-6-4-13(5-7-14)8-9-16/h4-7,12,17H,3,8-11,16H2,1-2H3. The molecule has 0 aliphatic carbocycles. The molecule has 3 N–H and O–H groups in total. The van der Waals surface area contributed by atoms with E-state index in [1.165, 1.54) is 4.31 Å². The van der Waals surface area contributed by atoms with Crippen molar-refractivity contribution in [2.45, 2.75) is 37.6 Å². The van der Waals surface area contributed by atoms with Crippen molar-refractivity contribution in [3.63, 3.8) is 0 Å². The summed E-state index contributed by atoms with van der Waals surface area (Å²) in [6, 6.07) is 6.54. The average molecular weight is 324 g/mol. The van der Waals surface area contributed by atoms with Crippen LogP contribution in [0.1, 0.15) is 25.8 Å². The highest BCUT2D eigenvalue weighted by Gasteiger charge is 2.39. The minimum atomic E-state index is -3.68. The lowest BCUT2D eigenvalue weighted by Crippen LogP contribution is -2.39. The van der Waals surface area contributed by atoms with Crippen molar-refractivity contribution in [1.29, 1.82) is 5.41 Å². The second-order valence-electron chi connectivity index (χ2n) is 5.60. The maximum atomic E-state index is 12.8. The summed E-state index contributed by atoms with van der Waals surface area (Å²) in [5, 5.41) is 8.17. The van der Waals surface area contributed by atoms with Gasteiger partial charge < -0.3 is 10.6 Å². The van der Waals surface area contributed by atoms with Crippen molar-refractivity contribution >= 4 is 16.0 Å². The first-order valence-electron chi connectivity index (χ1n) is 7.58. The molecule has 1 atom stereocenters. The lowest BCUT2D eigenvalue weighted by molar-refractivity contribution is 0.426. The highest BCUT2D eigenvalue weighted by molar-refractivity contribution is 7.89. The van der Waals surface area contributed by atoms with Crippen molar-refractivity contribution in [1.82, 2.24) is 9.21 Å². The first-order chi connectivity index (χ1) is 10.4. The summed E-state index contributed by atoms with van der Waals surface area (Å²) in [5.74, 6) is 0.0698. The van der Waals surface area contributed by atoms with Crippen LogP contribution in [-0.2, 0) is 16.4 Å². The van der Waals surface area contributed by atoms with Crippen molar-refractivity contribution in [2.75, 3.05) is 19.6 Å². The molecule has 1 aliphatic heterocycles. The van der Waals surface area contributed by atoms with E-state index >= 15 is 0 Å². The molecule has 0 radical (unpaired) electrons. The Morgan fingerprint density at radius 1 is 1.32 bits per heavy atom. The Labute approximate surface area is 132 Å². The molecular weight excluding hydrogens is 300 g/mol. The van der Waals surface area contributed by atoms with Gasteiger partial charge in [-0.05, 0) is 44.0 Å². The van der Waals surface area contributed by atoms with Gasteiger partial charge in [-0.1, -0.05) is 19.1 Å². The molecule has 0 amide bonds. The van der Waals surface area contributed by atoms with Crippen LogP contribution in [-0.4, -0.2) is 49.3 Å². The van der Waals surface area contributed by atoms with E-state index in [9.17, 15) is 8.42 Å². The molecule has 1 saturated heterocycles. The molecule has 122 valence electrons. The maximum absolute atomic E-state index is 12.8. The highest BCUT2D eigenvalue weighted by atomic mass is 32.2. The van der Waals surface area contributed by atoms with Crippen molar-refractivity contribution in [2.24, 2.45) is 5.73 Å². The Kier molecular flexibility index (Phi) is 5.08. The molecule has 1 fully saturated rings. The zero-order chi connectivity index (χ0) is 16.3. The van der Waals surface area contributed by atoms with E-state index in [-0.39, 0.29) is 16.9 Å². The van der Waals surface area contributed by atoms with Crippen LogP contribution in [0.15, 0.2) is 29.2 Å². The minimum absolute atomic E-state index is 0.0698. The Morgan fingerprint density at radius 2 is 1.95 bits per heavy atom. The zero-order valence-electron chi connectivity index (χ0n) is 13.1. The lowest BCUT2D eigenvalue weighted by atomic mass is 10.2. The molecule has 0 aromatic heterocycles. The van der Waals surface area contributed by atoms with Crippen molar-refractivity contribution in [3.8, 4) is 0 Å². The van der Waals surface area contributed by atoms with Crippen LogP contribution in [0.5, 0.6) is 0 Å². The van der Waals surface area contributed by atoms with Gasteiger partial charge in [-0.25, -0.2) is 12.7 Å². The number of nitrogens with two attached hydrogens (primary N) is 1. The van der Waals surface area contributed by atoms with Crippen molar-refractivity contribution in [3.05, 3.63) is 29.8 Å². The lowest BCUT2D eigenvalue weighted by Gasteiger charge is -2.23. The van der Waals surface area contributed by atoms with Gasteiger partial charge in [0.2, 0.25) is 5.96 Å². The van der Waals surface area contributed by atoms with E-state index in [1.807, 2.05) is 18.7 Å². The smallest absolute Gasteiger partial charge is 0.266 e. The Hall–Kier alpha value is -1.60. The molecule has 1 aliphatic rings. The monoisotopic (exact) mass is 324 g/mol. The third kappa shape index (κ3) is 3.10. The van der Waals surface area contributed by atoms with E-state index in [4.69, 9.17) is 11.1 Å². The molecule has 7 heteroatoms. The van der Waals surface area contributed by atoms with Gasteiger partial charge in [-0.15, -0.1) is 0 Å². The Morgan fingerprint density at radius 3 is 2.50 bits per heavy atom. The van der Waals surface area contributed by atoms with Gasteiger partial charge in [-0.2, -0.15) is 0 Å². The van der Waals surface area contributed by atoms with Crippen LogP contribution in [0.2, 0.25) is 0 Å². The predicted molar refractivity (Wildman–Crippen MR) is 87.3 cm³/mol. The van der Waals surface area contributed by atoms with E-state index in [2.05, 4.69) is 0 Å². The van der Waals surface area contributed by atoms with Gasteiger partial charge >= 0.3 is 0 Å². The third-order valence-electron chi connectivity index (χ3n) is 3.80. The number of hydrogen-bond donors (Lipinski definition) is 2. The van der Waals surface area contributed by atoms with E-state index in [0.29, 0.717) is 19.6 Å². The summed E-state index contributed by atoms with van der Waals surface area (Å²) < 4.78 is 26.8. The van der Waals surface area contributed by atoms with Gasteiger partial charge in [0.1, 0.15) is 0 Å². The van der Waals surface area contributed by atoms with E-state index in [0.717, 1.165) is 18.4 Å². The Balaban J connectivity index is 2.27. The normalized spacial score (nSPS) is 19.0. The molecule has 1 aromatic rings. The first kappa shape index (κ1) is 16.8. The summed E-state index contributed by atoms with van der Waals surface area (Å²) in [7, 11) is -3.68. The first-order valence-corrected chi connectivity index (χ1v) is 9.02. The largest absolute Gasteiger partial charge is 0.340 e. The number of guanidine groups is 1. The summed E-state index contributed by atoms with van der Waals surface area (Å²) in [6.07, 6.45) is 1.61. The molecule has 2 rings (SSSR count). The third-order valence-corrected chi connectivity index (χ3v) is 5.72. The molecule has 6 nitrogen and oxygen atoms in total. The fraction of sp³-hybridized carbons (Fsp3) is 0.533. The number of hydrogen-bond acceptors (Lipinski definition) is 4. The second-order valence-corrected chi connectivity index (χ2v) is 7.42. The van der Waals surface area contributed by atoms with Gasteiger partial charge in [0.25, 0.3) is 10.0 Å². The van der Waals surface area contributed by atoms with Gasteiger partial charge in [-0.3, -0.25) is 5.41 Å². The van der Waals surface area contributed by atoms with E-state index in [1.54, 1.807) is 24.3 Å². The number of sulfonamides is 1. The number of nitrogens with zero attached hydrogens (tertiary/aromatic N) is 2. The Bertz CT molecular complexity index is 627. The molecule has 0 saturated carbocycles. The van der Waals surface area contributed by atoms with Crippen LogP contribution >= 0.6 is 0 Å². The molecule has 1 heterocycles. The summed E-state index contributed by atoms with van der Waals surface area (Å²) in [4.78, 5) is 2.04. The van der Waals surface area contributed by atoms with Crippen LogP contribution in [0.4, 0.5) is 0 Å². The highest BCUT2D eigenvalue weighted by Crippen LogP contribution is 2.25. The van der Waals surface area contributed by atoms with Crippen LogP contribution in [0.3, 0.4) is 0 Å². The quantitative estimate of drug-likeness (QED) is 0.823. The molecule has 1 unspecified atom stereocenters. The van der Waals surface area contributed by atoms with E-state index < -0.39 is 10.0 Å². The number of nitrogens with one attached hydrogen (secondary N) is 1. The van der Waals surface area contributed by atoms with Crippen LogP contribution in [0, 0.1) is 5.41 Å². The molecule has 22 heavy (non-hydrogen) atoms. The topological polar surface area (TPSA) is 90.5 Å². The average Bonchev–Trinajstić information content (AvgIpc) is 2.75. The molecule has 0 spiro atoms. The van der Waals surface area contributed by atoms with Crippen LogP contribution in [0.25, 0.3) is 0 Å². The maximum Gasteiger partial charge on any atom is 0.266 e. The second kappa shape index (κ2) is 6.66. The summed E-state index contributed by atoms with van der Waals surface area (Å²) in [6.45, 7) is 5.66. The minimum Gasteiger partial charge on any atom is -0.340 e. The number of rotatable bonds is 6. The van der Waals surface area contributed by atoms with Crippen molar-refractivity contribution < 1.29 is 8.42 Å². The SMILES string of the molecule is CCCN1CC(C)N(S(=O)(=O)c2ccc(CCN)cc2)C1=N. The molecule has 1 aromatic carbocycles. The fourth-order valence-electron chi connectivity index (χ4n) is 2.75. The molecule has 0 bridgehead atoms. The summed E-state index contributed by atoms with van der Waals surface area (Å²) >= 11 is 0. The number of benzene rings is 1. The van der Waals surface area contributed by atoms with Gasteiger partial charge in [0.05, 0.1) is 10.9 Å². The van der Waals surface area contributed by atoms with Gasteiger partial charge in [0, 0.05) is 13.1 Å². The predicted octanol–water partition coefficient (Wildman–Crippen LogP) is 1.23. The van der Waals surface area contributed by atoms with Crippen LogP contribution < -0.4 is 5.73 Å². The zero-order valence-corrected chi connectivity index (χ0v) is 13.9.